The number of rotatable bonds is 3. The van der Waals surface area contributed by atoms with Crippen molar-refractivity contribution < 1.29 is 8.42 Å². The summed E-state index contributed by atoms with van der Waals surface area (Å²) in [6.45, 7) is 6.69. The highest BCUT2D eigenvalue weighted by molar-refractivity contribution is 7.90. The van der Waals surface area contributed by atoms with Crippen LogP contribution < -0.4 is 0 Å². The first-order chi connectivity index (χ1) is 5.97. The second kappa shape index (κ2) is 4.42. The molecule has 1 rings (SSSR count). The summed E-state index contributed by atoms with van der Waals surface area (Å²) >= 11 is 0. The van der Waals surface area contributed by atoms with Crippen molar-refractivity contribution >= 4 is 9.84 Å². The SMILES string of the molecule is [CH2]C1CCN(CCS(C)(=O)=O)CC1. The lowest BCUT2D eigenvalue weighted by atomic mass is 9.99. The second-order valence-electron chi connectivity index (χ2n) is 3.91. The molecule has 13 heavy (non-hydrogen) atoms. The molecule has 1 aliphatic rings. The molecule has 0 aromatic heterocycles. The molecule has 1 heterocycles. The molecule has 1 fully saturated rings. The van der Waals surface area contributed by atoms with Crippen LogP contribution in [0.25, 0.3) is 0 Å². The van der Waals surface area contributed by atoms with Crippen LogP contribution >= 0.6 is 0 Å². The number of hydrogen-bond donors (Lipinski definition) is 0. The van der Waals surface area contributed by atoms with Crippen molar-refractivity contribution in [2.45, 2.75) is 12.8 Å². The molecule has 0 atom stereocenters. The van der Waals surface area contributed by atoms with Crippen molar-refractivity contribution in [3.63, 3.8) is 0 Å². The number of piperidine rings is 1. The predicted molar refractivity (Wildman–Crippen MR) is 54.2 cm³/mol. The van der Waals surface area contributed by atoms with Crippen molar-refractivity contribution in [1.82, 2.24) is 4.90 Å². The Morgan fingerprint density at radius 3 is 2.38 bits per heavy atom. The van der Waals surface area contributed by atoms with E-state index in [1.54, 1.807) is 0 Å². The first-order valence-corrected chi connectivity index (χ1v) is 6.76. The monoisotopic (exact) mass is 204 g/mol. The van der Waals surface area contributed by atoms with Crippen molar-refractivity contribution in [2.75, 3.05) is 31.6 Å². The Hall–Kier alpha value is -0.0900. The summed E-state index contributed by atoms with van der Waals surface area (Å²) in [7, 11) is -2.79. The summed E-state index contributed by atoms with van der Waals surface area (Å²) in [4.78, 5) is 2.21. The van der Waals surface area contributed by atoms with Crippen LogP contribution in [0.4, 0.5) is 0 Å². The molecular formula is C9H18NO2S. The lowest BCUT2D eigenvalue weighted by Gasteiger charge is -2.29. The third-order valence-corrected chi connectivity index (χ3v) is 3.41. The van der Waals surface area contributed by atoms with Gasteiger partial charge in [0.2, 0.25) is 0 Å². The second-order valence-corrected chi connectivity index (χ2v) is 6.17. The van der Waals surface area contributed by atoms with E-state index in [9.17, 15) is 8.42 Å². The highest BCUT2D eigenvalue weighted by Crippen LogP contribution is 2.14. The summed E-state index contributed by atoms with van der Waals surface area (Å²) in [6.07, 6.45) is 3.49. The molecule has 0 saturated carbocycles. The number of likely N-dealkylation sites (tertiary alicyclic amines) is 1. The Balaban J connectivity index is 2.24. The van der Waals surface area contributed by atoms with Gasteiger partial charge < -0.3 is 4.90 Å². The van der Waals surface area contributed by atoms with Crippen LogP contribution in [-0.4, -0.2) is 45.0 Å². The van der Waals surface area contributed by atoms with Crippen LogP contribution in [0.15, 0.2) is 0 Å². The third kappa shape index (κ3) is 4.62. The molecule has 0 N–H and O–H groups in total. The van der Waals surface area contributed by atoms with Crippen LogP contribution in [-0.2, 0) is 9.84 Å². The molecule has 1 radical (unpaired) electrons. The van der Waals surface area contributed by atoms with Crippen LogP contribution in [0.3, 0.4) is 0 Å². The Bertz CT molecular complexity index is 240. The highest BCUT2D eigenvalue weighted by atomic mass is 32.2. The molecule has 4 heteroatoms. The van der Waals surface area contributed by atoms with Crippen molar-refractivity contribution in [2.24, 2.45) is 5.92 Å². The lowest BCUT2D eigenvalue weighted by Crippen LogP contribution is -2.36. The van der Waals surface area contributed by atoms with Gasteiger partial charge >= 0.3 is 0 Å². The molecular weight excluding hydrogens is 186 g/mol. The van der Waals surface area contributed by atoms with Crippen LogP contribution in [0.2, 0.25) is 0 Å². The molecule has 0 bridgehead atoms. The number of hydrogen-bond acceptors (Lipinski definition) is 3. The largest absolute Gasteiger partial charge is 0.302 e. The number of sulfone groups is 1. The van der Waals surface area contributed by atoms with E-state index in [0.717, 1.165) is 25.9 Å². The maximum atomic E-state index is 10.9. The van der Waals surface area contributed by atoms with Crippen LogP contribution in [0.5, 0.6) is 0 Å². The van der Waals surface area contributed by atoms with Gasteiger partial charge in [0, 0.05) is 12.8 Å². The minimum Gasteiger partial charge on any atom is -0.302 e. The van der Waals surface area contributed by atoms with E-state index in [1.165, 1.54) is 6.26 Å². The van der Waals surface area contributed by atoms with Gasteiger partial charge in [0.15, 0.2) is 0 Å². The first kappa shape index (κ1) is 11.0. The fourth-order valence-corrected chi connectivity index (χ4v) is 2.09. The summed E-state index contributed by atoms with van der Waals surface area (Å²) in [5.41, 5.74) is 0. The Morgan fingerprint density at radius 2 is 1.92 bits per heavy atom. The Morgan fingerprint density at radius 1 is 1.38 bits per heavy atom. The van der Waals surface area contributed by atoms with Crippen molar-refractivity contribution in [3.05, 3.63) is 6.92 Å². The Kier molecular flexibility index (Phi) is 3.74. The Labute approximate surface area is 81.0 Å². The summed E-state index contributed by atoms with van der Waals surface area (Å²) in [5, 5.41) is 0. The molecule has 0 aromatic carbocycles. The average Bonchev–Trinajstić information content (AvgIpc) is 2.02. The quantitative estimate of drug-likeness (QED) is 0.675. The smallest absolute Gasteiger partial charge is 0.148 e. The molecule has 1 aliphatic heterocycles. The zero-order valence-corrected chi connectivity index (χ0v) is 9.02. The van der Waals surface area contributed by atoms with E-state index in [0.29, 0.717) is 12.5 Å². The molecule has 0 aromatic rings. The van der Waals surface area contributed by atoms with Gasteiger partial charge in [0.05, 0.1) is 5.75 Å². The summed E-state index contributed by atoms with van der Waals surface area (Å²) < 4.78 is 21.8. The first-order valence-electron chi connectivity index (χ1n) is 4.70. The van der Waals surface area contributed by atoms with Gasteiger partial charge in [-0.1, -0.05) is 6.92 Å². The minimum atomic E-state index is -2.79. The third-order valence-electron chi connectivity index (χ3n) is 2.49. The fourth-order valence-electron chi connectivity index (χ4n) is 1.50. The molecule has 0 amide bonds. The normalized spacial score (nSPS) is 22.0. The molecule has 77 valence electrons. The zero-order valence-electron chi connectivity index (χ0n) is 8.20. The van der Waals surface area contributed by atoms with Gasteiger partial charge in [-0.2, -0.15) is 0 Å². The maximum Gasteiger partial charge on any atom is 0.148 e. The van der Waals surface area contributed by atoms with Crippen molar-refractivity contribution in [3.8, 4) is 0 Å². The van der Waals surface area contributed by atoms with Gasteiger partial charge in [0.1, 0.15) is 9.84 Å². The standard InChI is InChI=1S/C9H18NO2S/c1-9-3-5-10(6-4-9)7-8-13(2,11)12/h9H,1,3-8H2,2H3. The minimum absolute atomic E-state index is 0.287. The van der Waals surface area contributed by atoms with Crippen LogP contribution in [0.1, 0.15) is 12.8 Å². The van der Waals surface area contributed by atoms with E-state index in [1.807, 2.05) is 0 Å². The van der Waals surface area contributed by atoms with Gasteiger partial charge in [0.25, 0.3) is 0 Å². The summed E-state index contributed by atoms with van der Waals surface area (Å²) in [5.74, 6) is 0.851. The number of nitrogens with zero attached hydrogens (tertiary/aromatic N) is 1. The summed E-state index contributed by atoms with van der Waals surface area (Å²) in [6, 6.07) is 0. The van der Waals surface area contributed by atoms with E-state index in [-0.39, 0.29) is 5.75 Å². The highest BCUT2D eigenvalue weighted by Gasteiger charge is 2.16. The topological polar surface area (TPSA) is 37.4 Å². The maximum absolute atomic E-state index is 10.9. The molecule has 0 spiro atoms. The lowest BCUT2D eigenvalue weighted by molar-refractivity contribution is 0.212. The van der Waals surface area contributed by atoms with Gasteiger partial charge in [-0.3, -0.25) is 0 Å². The van der Waals surface area contributed by atoms with Gasteiger partial charge in [-0.25, -0.2) is 8.42 Å². The molecule has 3 nitrogen and oxygen atoms in total. The molecule has 0 aliphatic carbocycles. The van der Waals surface area contributed by atoms with E-state index in [4.69, 9.17) is 0 Å². The average molecular weight is 204 g/mol. The van der Waals surface area contributed by atoms with Crippen molar-refractivity contribution in [1.29, 1.82) is 0 Å². The van der Waals surface area contributed by atoms with Gasteiger partial charge in [-0.15, -0.1) is 0 Å². The van der Waals surface area contributed by atoms with Gasteiger partial charge in [-0.05, 0) is 31.8 Å². The zero-order chi connectivity index (χ0) is 9.90. The molecule has 0 unspecified atom stereocenters. The van der Waals surface area contributed by atoms with E-state index >= 15 is 0 Å². The van der Waals surface area contributed by atoms with Crippen LogP contribution in [0, 0.1) is 12.8 Å². The fraction of sp³-hybridized carbons (Fsp3) is 0.889. The van der Waals surface area contributed by atoms with E-state index in [2.05, 4.69) is 11.8 Å². The predicted octanol–water partition coefficient (Wildman–Crippen LogP) is 0.577. The molecule has 1 saturated heterocycles. The van der Waals surface area contributed by atoms with E-state index < -0.39 is 9.84 Å².